The summed E-state index contributed by atoms with van der Waals surface area (Å²) >= 11 is 0. The first-order valence-electron chi connectivity index (χ1n) is 8.30. The molecule has 1 aliphatic heterocycles. The molecule has 1 fully saturated rings. The molecule has 0 spiro atoms. The third-order valence-electron chi connectivity index (χ3n) is 4.81. The van der Waals surface area contributed by atoms with Crippen LogP contribution in [-0.4, -0.2) is 24.7 Å². The van der Waals surface area contributed by atoms with Gasteiger partial charge in [0.15, 0.2) is 0 Å². The van der Waals surface area contributed by atoms with Gasteiger partial charge in [0, 0.05) is 19.1 Å². The van der Waals surface area contributed by atoms with Gasteiger partial charge in [0.25, 0.3) is 0 Å². The Morgan fingerprint density at radius 3 is 2.80 bits per heavy atom. The maximum absolute atomic E-state index is 12.1. The molecule has 1 amide bonds. The van der Waals surface area contributed by atoms with Gasteiger partial charge in [-0.3, -0.25) is 4.79 Å². The molecule has 114 valence electrons. The van der Waals surface area contributed by atoms with Crippen LogP contribution in [0.25, 0.3) is 0 Å². The highest BCUT2D eigenvalue weighted by atomic mass is 16.5. The van der Waals surface area contributed by atoms with Gasteiger partial charge in [-0.05, 0) is 37.5 Å². The molecule has 2 aliphatic rings. The van der Waals surface area contributed by atoms with Crippen molar-refractivity contribution in [1.29, 1.82) is 0 Å². The zero-order valence-corrected chi connectivity index (χ0v) is 12.9. The summed E-state index contributed by atoms with van der Waals surface area (Å²) in [4.78, 5) is 12.1. The normalized spacial score (nSPS) is 29.9. The number of rotatable bonds is 6. The molecule has 0 unspecified atom stereocenters. The van der Waals surface area contributed by atoms with Crippen molar-refractivity contribution in [2.45, 2.75) is 70.9 Å². The molecule has 20 heavy (non-hydrogen) atoms. The van der Waals surface area contributed by atoms with Crippen LogP contribution >= 0.6 is 0 Å². The van der Waals surface area contributed by atoms with Gasteiger partial charge in [-0.15, -0.1) is 0 Å². The van der Waals surface area contributed by atoms with E-state index in [-0.39, 0.29) is 5.91 Å². The van der Waals surface area contributed by atoms with E-state index in [1.54, 1.807) is 0 Å². The Morgan fingerprint density at radius 1 is 1.35 bits per heavy atom. The standard InChI is InChI=1S/C17H29NO2/c1-3-14(4-2)16-12-15(9-10-20-16)18-17(19)11-13-7-5-6-8-13/h5,7,13-16H,3-4,6,8-12H2,1-2H3,(H,18,19)/t13-,15+,16+/m1/s1. The van der Waals surface area contributed by atoms with Crippen molar-refractivity contribution in [3.05, 3.63) is 12.2 Å². The number of hydrogen-bond donors (Lipinski definition) is 1. The van der Waals surface area contributed by atoms with E-state index in [2.05, 4.69) is 31.3 Å². The van der Waals surface area contributed by atoms with E-state index >= 15 is 0 Å². The largest absolute Gasteiger partial charge is 0.378 e. The molecule has 0 saturated carbocycles. The number of hydrogen-bond acceptors (Lipinski definition) is 2. The van der Waals surface area contributed by atoms with Gasteiger partial charge in [0.05, 0.1) is 6.10 Å². The average Bonchev–Trinajstić information content (AvgIpc) is 2.93. The Kier molecular flexibility index (Phi) is 6.08. The zero-order valence-electron chi connectivity index (χ0n) is 12.9. The molecule has 2 rings (SSSR count). The molecule has 0 aromatic carbocycles. The monoisotopic (exact) mass is 279 g/mol. The summed E-state index contributed by atoms with van der Waals surface area (Å²) in [5, 5.41) is 3.23. The van der Waals surface area contributed by atoms with Crippen molar-refractivity contribution < 1.29 is 9.53 Å². The third-order valence-corrected chi connectivity index (χ3v) is 4.81. The van der Waals surface area contributed by atoms with Crippen LogP contribution in [0.3, 0.4) is 0 Å². The van der Waals surface area contributed by atoms with Crippen molar-refractivity contribution in [2.75, 3.05) is 6.61 Å². The highest BCUT2D eigenvalue weighted by Crippen LogP contribution is 2.26. The first-order chi connectivity index (χ1) is 9.72. The lowest BCUT2D eigenvalue weighted by molar-refractivity contribution is -0.123. The summed E-state index contributed by atoms with van der Waals surface area (Å²) in [5.41, 5.74) is 0. The van der Waals surface area contributed by atoms with Crippen LogP contribution in [0.4, 0.5) is 0 Å². The minimum Gasteiger partial charge on any atom is -0.378 e. The summed E-state index contributed by atoms with van der Waals surface area (Å²) in [6.45, 7) is 5.24. The molecule has 0 aromatic heterocycles. The van der Waals surface area contributed by atoms with Gasteiger partial charge in [-0.25, -0.2) is 0 Å². The number of amides is 1. The summed E-state index contributed by atoms with van der Waals surface area (Å²) in [7, 11) is 0. The fourth-order valence-electron chi connectivity index (χ4n) is 3.49. The van der Waals surface area contributed by atoms with Crippen molar-refractivity contribution in [3.8, 4) is 0 Å². The fraction of sp³-hybridized carbons (Fsp3) is 0.824. The van der Waals surface area contributed by atoms with Crippen LogP contribution in [0.5, 0.6) is 0 Å². The Balaban J connectivity index is 1.77. The number of allylic oxidation sites excluding steroid dienone is 2. The van der Waals surface area contributed by atoms with E-state index in [4.69, 9.17) is 4.74 Å². The number of ether oxygens (including phenoxy) is 1. The van der Waals surface area contributed by atoms with E-state index in [0.717, 1.165) is 45.1 Å². The lowest BCUT2D eigenvalue weighted by Crippen LogP contribution is -2.44. The quantitative estimate of drug-likeness (QED) is 0.756. The van der Waals surface area contributed by atoms with Crippen LogP contribution in [0.1, 0.15) is 58.8 Å². The Labute approximate surface area is 123 Å². The Hall–Kier alpha value is -0.830. The van der Waals surface area contributed by atoms with Crippen LogP contribution in [-0.2, 0) is 9.53 Å². The maximum Gasteiger partial charge on any atom is 0.220 e. The minimum absolute atomic E-state index is 0.219. The van der Waals surface area contributed by atoms with Crippen molar-refractivity contribution in [1.82, 2.24) is 5.32 Å². The van der Waals surface area contributed by atoms with Gasteiger partial charge < -0.3 is 10.1 Å². The second-order valence-corrected chi connectivity index (χ2v) is 6.24. The molecule has 1 aliphatic carbocycles. The van der Waals surface area contributed by atoms with Gasteiger partial charge in [0.2, 0.25) is 5.91 Å². The van der Waals surface area contributed by atoms with Crippen LogP contribution < -0.4 is 5.32 Å². The Bertz CT molecular complexity index is 336. The predicted molar refractivity (Wildman–Crippen MR) is 81.5 cm³/mol. The number of carbonyl (C=O) groups is 1. The van der Waals surface area contributed by atoms with Crippen LogP contribution in [0.15, 0.2) is 12.2 Å². The first kappa shape index (κ1) is 15.6. The van der Waals surface area contributed by atoms with Crippen molar-refractivity contribution in [3.63, 3.8) is 0 Å². The molecule has 0 aromatic rings. The molecular formula is C17H29NO2. The van der Waals surface area contributed by atoms with E-state index in [0.29, 0.717) is 30.4 Å². The molecule has 1 saturated heterocycles. The van der Waals surface area contributed by atoms with Gasteiger partial charge in [-0.1, -0.05) is 38.8 Å². The van der Waals surface area contributed by atoms with Crippen LogP contribution in [0.2, 0.25) is 0 Å². The smallest absolute Gasteiger partial charge is 0.220 e. The van der Waals surface area contributed by atoms with E-state index in [1.807, 2.05) is 0 Å². The van der Waals surface area contributed by atoms with Crippen molar-refractivity contribution in [2.24, 2.45) is 11.8 Å². The van der Waals surface area contributed by atoms with Gasteiger partial charge >= 0.3 is 0 Å². The second-order valence-electron chi connectivity index (χ2n) is 6.24. The summed E-state index contributed by atoms with van der Waals surface area (Å²) in [6.07, 6.45) is 11.9. The lowest BCUT2D eigenvalue weighted by Gasteiger charge is -2.34. The molecule has 1 N–H and O–H groups in total. The zero-order chi connectivity index (χ0) is 14.4. The second kappa shape index (κ2) is 7.82. The highest BCUT2D eigenvalue weighted by Gasteiger charge is 2.28. The van der Waals surface area contributed by atoms with Gasteiger partial charge in [-0.2, -0.15) is 0 Å². The lowest BCUT2D eigenvalue weighted by atomic mass is 9.89. The predicted octanol–water partition coefficient (Wildman–Crippen LogP) is 3.44. The molecule has 0 bridgehead atoms. The topological polar surface area (TPSA) is 38.3 Å². The summed E-state index contributed by atoms with van der Waals surface area (Å²) < 4.78 is 5.90. The number of carbonyl (C=O) groups excluding carboxylic acids is 1. The molecule has 3 heteroatoms. The molecular weight excluding hydrogens is 250 g/mol. The molecule has 3 atom stereocenters. The Morgan fingerprint density at radius 2 is 2.15 bits per heavy atom. The maximum atomic E-state index is 12.1. The summed E-state index contributed by atoms with van der Waals surface area (Å²) in [6, 6.07) is 0.312. The minimum atomic E-state index is 0.219. The first-order valence-corrected chi connectivity index (χ1v) is 8.30. The van der Waals surface area contributed by atoms with E-state index in [9.17, 15) is 4.79 Å². The third kappa shape index (κ3) is 4.34. The summed E-state index contributed by atoms with van der Waals surface area (Å²) in [5.74, 6) is 1.31. The van der Waals surface area contributed by atoms with Crippen molar-refractivity contribution >= 4 is 5.91 Å². The van der Waals surface area contributed by atoms with Crippen LogP contribution in [0, 0.1) is 11.8 Å². The highest BCUT2D eigenvalue weighted by molar-refractivity contribution is 5.76. The molecule has 3 nitrogen and oxygen atoms in total. The molecule has 1 heterocycles. The SMILES string of the molecule is CCC(CC)[C@@H]1C[C@@H](NC(=O)C[C@@H]2C=CCC2)CCO1. The molecule has 0 radical (unpaired) electrons. The fourth-order valence-corrected chi connectivity index (χ4v) is 3.49. The van der Waals surface area contributed by atoms with E-state index in [1.165, 1.54) is 0 Å². The average molecular weight is 279 g/mol. The number of nitrogens with one attached hydrogen (secondary N) is 1. The van der Waals surface area contributed by atoms with E-state index < -0.39 is 0 Å². The van der Waals surface area contributed by atoms with Gasteiger partial charge in [0.1, 0.15) is 0 Å².